The molecular formula is C13H19NO2. The SMILES string of the molecule is CCC(Cc1ccccc1)[C@H](N)C(=O)OC. The number of hydrogen-bond acceptors (Lipinski definition) is 3. The highest BCUT2D eigenvalue weighted by atomic mass is 16.5. The Morgan fingerprint density at radius 2 is 2.00 bits per heavy atom. The fraction of sp³-hybridized carbons (Fsp3) is 0.462. The summed E-state index contributed by atoms with van der Waals surface area (Å²) in [5, 5.41) is 0. The van der Waals surface area contributed by atoms with Gasteiger partial charge in [-0.25, -0.2) is 0 Å². The van der Waals surface area contributed by atoms with Crippen LogP contribution in [0, 0.1) is 5.92 Å². The molecule has 0 saturated carbocycles. The first-order chi connectivity index (χ1) is 7.69. The monoisotopic (exact) mass is 221 g/mol. The van der Waals surface area contributed by atoms with E-state index in [1.807, 2.05) is 37.3 Å². The molecule has 1 aromatic carbocycles. The molecule has 3 nitrogen and oxygen atoms in total. The summed E-state index contributed by atoms with van der Waals surface area (Å²) in [6.45, 7) is 2.04. The van der Waals surface area contributed by atoms with Crippen LogP contribution < -0.4 is 5.73 Å². The lowest BCUT2D eigenvalue weighted by molar-refractivity contribution is -0.143. The number of hydrogen-bond donors (Lipinski definition) is 1. The molecule has 0 amide bonds. The van der Waals surface area contributed by atoms with Crippen molar-refractivity contribution in [3.05, 3.63) is 35.9 Å². The van der Waals surface area contributed by atoms with Crippen molar-refractivity contribution in [1.29, 1.82) is 0 Å². The van der Waals surface area contributed by atoms with Crippen molar-refractivity contribution in [2.24, 2.45) is 11.7 Å². The summed E-state index contributed by atoms with van der Waals surface area (Å²) in [5.41, 5.74) is 7.06. The van der Waals surface area contributed by atoms with Crippen LogP contribution in [-0.4, -0.2) is 19.1 Å². The predicted molar refractivity (Wildman–Crippen MR) is 63.9 cm³/mol. The molecule has 0 radical (unpaired) electrons. The summed E-state index contributed by atoms with van der Waals surface area (Å²) >= 11 is 0. The van der Waals surface area contributed by atoms with Gasteiger partial charge in [0.1, 0.15) is 6.04 Å². The summed E-state index contributed by atoms with van der Waals surface area (Å²) in [6.07, 6.45) is 1.68. The van der Waals surface area contributed by atoms with E-state index in [0.717, 1.165) is 12.8 Å². The van der Waals surface area contributed by atoms with Gasteiger partial charge in [-0.15, -0.1) is 0 Å². The molecule has 88 valence electrons. The molecule has 0 aliphatic carbocycles. The smallest absolute Gasteiger partial charge is 0.322 e. The first-order valence-corrected chi connectivity index (χ1v) is 5.56. The highest BCUT2D eigenvalue weighted by molar-refractivity contribution is 5.75. The number of methoxy groups -OCH3 is 1. The zero-order chi connectivity index (χ0) is 12.0. The van der Waals surface area contributed by atoms with Crippen LogP contribution in [0.3, 0.4) is 0 Å². The number of esters is 1. The zero-order valence-electron chi connectivity index (χ0n) is 9.85. The topological polar surface area (TPSA) is 52.3 Å². The van der Waals surface area contributed by atoms with Gasteiger partial charge in [-0.1, -0.05) is 43.7 Å². The van der Waals surface area contributed by atoms with Crippen molar-refractivity contribution in [3.8, 4) is 0 Å². The van der Waals surface area contributed by atoms with Gasteiger partial charge in [0.2, 0.25) is 0 Å². The molecule has 16 heavy (non-hydrogen) atoms. The summed E-state index contributed by atoms with van der Waals surface area (Å²) < 4.78 is 4.67. The van der Waals surface area contributed by atoms with E-state index in [-0.39, 0.29) is 11.9 Å². The van der Waals surface area contributed by atoms with Gasteiger partial charge in [0.25, 0.3) is 0 Å². The summed E-state index contributed by atoms with van der Waals surface area (Å²) in [4.78, 5) is 11.4. The van der Waals surface area contributed by atoms with Gasteiger partial charge < -0.3 is 10.5 Å². The van der Waals surface area contributed by atoms with Crippen LogP contribution in [0.25, 0.3) is 0 Å². The highest BCUT2D eigenvalue weighted by Crippen LogP contribution is 2.15. The van der Waals surface area contributed by atoms with Gasteiger partial charge in [-0.2, -0.15) is 0 Å². The van der Waals surface area contributed by atoms with Crippen LogP contribution >= 0.6 is 0 Å². The Morgan fingerprint density at radius 3 is 2.50 bits per heavy atom. The quantitative estimate of drug-likeness (QED) is 0.771. The maximum Gasteiger partial charge on any atom is 0.322 e. The Kier molecular flexibility index (Phi) is 4.99. The summed E-state index contributed by atoms with van der Waals surface area (Å²) in [7, 11) is 1.37. The Bertz CT molecular complexity index is 324. The second-order valence-electron chi connectivity index (χ2n) is 3.91. The molecule has 0 saturated heterocycles. The predicted octanol–water partition coefficient (Wildman–Crippen LogP) is 1.76. The number of benzene rings is 1. The zero-order valence-corrected chi connectivity index (χ0v) is 9.85. The largest absolute Gasteiger partial charge is 0.468 e. The Labute approximate surface area is 96.6 Å². The molecule has 0 aliphatic rings. The third kappa shape index (κ3) is 3.35. The third-order valence-corrected chi connectivity index (χ3v) is 2.85. The Hall–Kier alpha value is -1.35. The first kappa shape index (κ1) is 12.7. The highest BCUT2D eigenvalue weighted by Gasteiger charge is 2.23. The van der Waals surface area contributed by atoms with Crippen molar-refractivity contribution in [2.45, 2.75) is 25.8 Å². The van der Waals surface area contributed by atoms with Crippen LogP contribution in [0.4, 0.5) is 0 Å². The molecule has 0 aromatic heterocycles. The minimum Gasteiger partial charge on any atom is -0.468 e. The number of ether oxygens (including phenoxy) is 1. The maximum atomic E-state index is 11.4. The molecule has 2 N–H and O–H groups in total. The normalized spacial score (nSPS) is 14.2. The van der Waals surface area contributed by atoms with E-state index >= 15 is 0 Å². The first-order valence-electron chi connectivity index (χ1n) is 5.56. The average molecular weight is 221 g/mol. The van der Waals surface area contributed by atoms with Crippen LogP contribution in [0.5, 0.6) is 0 Å². The molecule has 1 unspecified atom stereocenters. The minimum atomic E-state index is -0.532. The number of carbonyl (C=O) groups is 1. The van der Waals surface area contributed by atoms with Crippen LogP contribution in [-0.2, 0) is 16.0 Å². The van der Waals surface area contributed by atoms with Crippen molar-refractivity contribution in [1.82, 2.24) is 0 Å². The van der Waals surface area contributed by atoms with Gasteiger partial charge in [-0.3, -0.25) is 4.79 Å². The van der Waals surface area contributed by atoms with Crippen LogP contribution in [0.15, 0.2) is 30.3 Å². The standard InChI is InChI=1S/C13H19NO2/c1-3-11(12(14)13(15)16-2)9-10-7-5-4-6-8-10/h4-8,11-12H,3,9,14H2,1-2H3/t11?,12-/m0/s1. The van der Waals surface area contributed by atoms with Crippen LogP contribution in [0.1, 0.15) is 18.9 Å². The lowest BCUT2D eigenvalue weighted by Gasteiger charge is -2.20. The molecule has 0 bridgehead atoms. The van der Waals surface area contributed by atoms with Crippen LogP contribution in [0.2, 0.25) is 0 Å². The minimum absolute atomic E-state index is 0.134. The van der Waals surface area contributed by atoms with Crippen molar-refractivity contribution < 1.29 is 9.53 Å². The molecule has 1 rings (SSSR count). The van der Waals surface area contributed by atoms with Gasteiger partial charge in [0.05, 0.1) is 7.11 Å². The molecule has 1 aromatic rings. The van der Waals surface area contributed by atoms with E-state index < -0.39 is 6.04 Å². The fourth-order valence-electron chi connectivity index (χ4n) is 1.77. The molecule has 0 heterocycles. The fourth-order valence-corrected chi connectivity index (χ4v) is 1.77. The Morgan fingerprint density at radius 1 is 1.38 bits per heavy atom. The molecule has 2 atom stereocenters. The lowest BCUT2D eigenvalue weighted by Crippen LogP contribution is -2.39. The van der Waals surface area contributed by atoms with Crippen molar-refractivity contribution >= 4 is 5.97 Å². The van der Waals surface area contributed by atoms with E-state index in [2.05, 4.69) is 4.74 Å². The van der Waals surface area contributed by atoms with E-state index in [4.69, 9.17) is 5.73 Å². The molecular weight excluding hydrogens is 202 g/mol. The molecule has 3 heteroatoms. The molecule has 0 aliphatic heterocycles. The van der Waals surface area contributed by atoms with E-state index in [1.165, 1.54) is 12.7 Å². The van der Waals surface area contributed by atoms with Gasteiger partial charge in [-0.05, 0) is 17.9 Å². The maximum absolute atomic E-state index is 11.4. The van der Waals surface area contributed by atoms with Gasteiger partial charge >= 0.3 is 5.97 Å². The number of rotatable bonds is 5. The number of nitrogens with two attached hydrogens (primary N) is 1. The number of carbonyl (C=O) groups excluding carboxylic acids is 1. The molecule has 0 spiro atoms. The lowest BCUT2D eigenvalue weighted by atomic mass is 9.90. The second kappa shape index (κ2) is 6.28. The Balaban J connectivity index is 2.65. The second-order valence-corrected chi connectivity index (χ2v) is 3.91. The van der Waals surface area contributed by atoms with Crippen molar-refractivity contribution in [2.75, 3.05) is 7.11 Å². The van der Waals surface area contributed by atoms with E-state index in [1.54, 1.807) is 0 Å². The van der Waals surface area contributed by atoms with Gasteiger partial charge in [0.15, 0.2) is 0 Å². The molecule has 0 fully saturated rings. The van der Waals surface area contributed by atoms with E-state index in [0.29, 0.717) is 0 Å². The van der Waals surface area contributed by atoms with Crippen molar-refractivity contribution in [3.63, 3.8) is 0 Å². The average Bonchev–Trinajstić information content (AvgIpc) is 2.35. The summed E-state index contributed by atoms with van der Waals surface area (Å²) in [5.74, 6) is -0.197. The third-order valence-electron chi connectivity index (χ3n) is 2.85. The van der Waals surface area contributed by atoms with E-state index in [9.17, 15) is 4.79 Å². The summed E-state index contributed by atoms with van der Waals surface area (Å²) in [6, 6.07) is 9.52. The van der Waals surface area contributed by atoms with Gasteiger partial charge in [0, 0.05) is 0 Å².